The Balaban J connectivity index is 2.09. The summed E-state index contributed by atoms with van der Waals surface area (Å²) >= 11 is 1.19. The van der Waals surface area contributed by atoms with Crippen molar-refractivity contribution >= 4 is 22.7 Å². The Labute approximate surface area is 172 Å². The Morgan fingerprint density at radius 2 is 1.97 bits per heavy atom. The molecule has 154 valence electrons. The number of fused-ring (bicyclic) bond motifs is 1. The van der Waals surface area contributed by atoms with E-state index in [0.29, 0.717) is 23.7 Å². The molecule has 0 aliphatic carbocycles. The molecule has 1 aliphatic heterocycles. The van der Waals surface area contributed by atoms with Gasteiger partial charge in [-0.05, 0) is 24.3 Å². The number of ether oxygens (including phenoxy) is 1. The molecule has 0 bridgehead atoms. The second-order valence-electron chi connectivity index (χ2n) is 6.55. The topological polar surface area (TPSA) is 42.0 Å². The predicted octanol–water partition coefficient (Wildman–Crippen LogP) is 4.85. The quantitative estimate of drug-likeness (QED) is 0.512. The molecule has 0 saturated heterocycles. The maximum Gasteiger partial charge on any atom is 0.344 e. The first-order valence-electron chi connectivity index (χ1n) is 8.91. The number of thioether (sulfide) groups is 1. The zero-order valence-electron chi connectivity index (χ0n) is 16.4. The van der Waals surface area contributed by atoms with Crippen molar-refractivity contribution < 1.29 is 23.1 Å². The van der Waals surface area contributed by atoms with Crippen LogP contribution in [0.4, 0.5) is 13.6 Å². The van der Waals surface area contributed by atoms with Crippen molar-refractivity contribution in [2.24, 2.45) is 0 Å². The first-order valence-corrected chi connectivity index (χ1v) is 9.73. The SMILES string of the molecule is C=C(SC1(N(C)C(=O)N(C)OC)CCOc2ccccc21)c1cc(F)ccc1F. The van der Waals surface area contributed by atoms with Gasteiger partial charge in [0.25, 0.3) is 0 Å². The predicted molar refractivity (Wildman–Crippen MR) is 109 cm³/mol. The minimum absolute atomic E-state index is 0.0549. The van der Waals surface area contributed by atoms with Gasteiger partial charge in [0.2, 0.25) is 0 Å². The fraction of sp³-hybridized carbons (Fsp3) is 0.286. The average molecular weight is 420 g/mol. The molecular formula is C21H22F2N2O3S. The highest BCUT2D eigenvalue weighted by molar-refractivity contribution is 8.09. The molecule has 0 fully saturated rings. The molecule has 0 radical (unpaired) electrons. The highest BCUT2D eigenvalue weighted by Crippen LogP contribution is 2.53. The number of rotatable bonds is 5. The fourth-order valence-corrected chi connectivity index (χ4v) is 4.64. The maximum atomic E-state index is 14.4. The normalized spacial score (nSPS) is 17.8. The number of urea groups is 1. The minimum atomic E-state index is -0.950. The van der Waals surface area contributed by atoms with Crippen molar-refractivity contribution in [2.75, 3.05) is 27.8 Å². The van der Waals surface area contributed by atoms with Gasteiger partial charge in [-0.15, -0.1) is 0 Å². The Morgan fingerprint density at radius 1 is 1.24 bits per heavy atom. The number of carbonyl (C=O) groups excluding carboxylic acids is 1. The van der Waals surface area contributed by atoms with Crippen molar-refractivity contribution in [1.29, 1.82) is 0 Å². The number of benzene rings is 2. The molecule has 29 heavy (non-hydrogen) atoms. The first kappa shape index (κ1) is 21.1. The first-order chi connectivity index (χ1) is 13.8. The second kappa shape index (κ2) is 8.42. The van der Waals surface area contributed by atoms with E-state index in [1.807, 2.05) is 24.3 Å². The summed E-state index contributed by atoms with van der Waals surface area (Å²) in [4.78, 5) is 18.9. The van der Waals surface area contributed by atoms with Crippen LogP contribution in [-0.4, -0.2) is 43.8 Å². The Bertz CT molecular complexity index is 940. The molecule has 2 amide bonds. The largest absolute Gasteiger partial charge is 0.493 e. The van der Waals surface area contributed by atoms with Crippen molar-refractivity contribution in [1.82, 2.24) is 9.96 Å². The smallest absolute Gasteiger partial charge is 0.344 e. The third kappa shape index (κ3) is 3.95. The van der Waals surface area contributed by atoms with Crippen LogP contribution in [0.2, 0.25) is 0 Å². The van der Waals surface area contributed by atoms with Gasteiger partial charge in [0.1, 0.15) is 22.3 Å². The average Bonchev–Trinajstić information content (AvgIpc) is 2.73. The zero-order valence-corrected chi connectivity index (χ0v) is 17.3. The molecule has 0 N–H and O–H groups in total. The molecule has 1 atom stereocenters. The summed E-state index contributed by atoms with van der Waals surface area (Å²) in [6.07, 6.45) is 0.421. The summed E-state index contributed by atoms with van der Waals surface area (Å²) in [5, 5.41) is 1.10. The lowest BCUT2D eigenvalue weighted by atomic mass is 9.98. The van der Waals surface area contributed by atoms with Gasteiger partial charge in [-0.25, -0.2) is 18.6 Å². The molecule has 1 aliphatic rings. The van der Waals surface area contributed by atoms with Crippen LogP contribution in [0.15, 0.2) is 49.0 Å². The Kier molecular flexibility index (Phi) is 6.14. The second-order valence-corrected chi connectivity index (χ2v) is 7.92. The van der Waals surface area contributed by atoms with Crippen molar-refractivity contribution in [3.63, 3.8) is 0 Å². The van der Waals surface area contributed by atoms with Crippen molar-refractivity contribution in [2.45, 2.75) is 11.3 Å². The van der Waals surface area contributed by atoms with Crippen LogP contribution in [0.25, 0.3) is 4.91 Å². The molecule has 2 aromatic rings. The van der Waals surface area contributed by atoms with Crippen LogP contribution in [0, 0.1) is 11.6 Å². The van der Waals surface area contributed by atoms with E-state index in [4.69, 9.17) is 9.57 Å². The standard InChI is InChI=1S/C21H22F2N2O3S/c1-14(16-13-15(22)9-10-18(16)23)29-21(24(2)20(26)25(3)27-4)11-12-28-19-8-6-5-7-17(19)21/h5-10,13H,1,11-12H2,2-4H3. The number of amides is 2. The number of nitrogens with zero attached hydrogens (tertiary/aromatic N) is 2. The number of carbonyl (C=O) groups is 1. The zero-order chi connectivity index (χ0) is 21.2. The lowest BCUT2D eigenvalue weighted by molar-refractivity contribution is -0.0794. The van der Waals surface area contributed by atoms with E-state index in [1.54, 1.807) is 7.05 Å². The van der Waals surface area contributed by atoms with E-state index in [9.17, 15) is 13.6 Å². The Hall–Kier alpha value is -2.58. The highest BCUT2D eigenvalue weighted by atomic mass is 32.2. The van der Waals surface area contributed by atoms with Crippen LogP contribution >= 0.6 is 11.8 Å². The van der Waals surface area contributed by atoms with Gasteiger partial charge in [-0.3, -0.25) is 4.84 Å². The molecule has 0 aromatic heterocycles. The van der Waals surface area contributed by atoms with Crippen LogP contribution in [0.3, 0.4) is 0 Å². The molecule has 5 nitrogen and oxygen atoms in total. The van der Waals surface area contributed by atoms with Crippen LogP contribution in [0.1, 0.15) is 17.5 Å². The van der Waals surface area contributed by atoms with Crippen molar-refractivity contribution in [3.05, 3.63) is 71.8 Å². The van der Waals surface area contributed by atoms with E-state index in [-0.39, 0.29) is 5.56 Å². The maximum absolute atomic E-state index is 14.4. The van der Waals surface area contributed by atoms with Crippen LogP contribution < -0.4 is 4.74 Å². The number of hydroxylamine groups is 2. The monoisotopic (exact) mass is 420 g/mol. The van der Waals surface area contributed by atoms with Crippen molar-refractivity contribution in [3.8, 4) is 5.75 Å². The van der Waals surface area contributed by atoms with Crippen LogP contribution in [-0.2, 0) is 9.71 Å². The van der Waals surface area contributed by atoms with Gasteiger partial charge in [-0.2, -0.15) is 0 Å². The van der Waals surface area contributed by atoms with E-state index >= 15 is 0 Å². The lowest BCUT2D eigenvalue weighted by Crippen LogP contribution is -2.51. The summed E-state index contributed by atoms with van der Waals surface area (Å²) in [6.45, 7) is 4.32. The number of hydrogen-bond acceptors (Lipinski definition) is 4. The minimum Gasteiger partial charge on any atom is -0.493 e. The molecule has 3 rings (SSSR count). The Morgan fingerprint density at radius 3 is 2.69 bits per heavy atom. The van der Waals surface area contributed by atoms with E-state index < -0.39 is 22.5 Å². The highest BCUT2D eigenvalue weighted by Gasteiger charge is 2.46. The molecule has 1 heterocycles. The van der Waals surface area contributed by atoms with Gasteiger partial charge in [-0.1, -0.05) is 36.5 Å². The summed E-state index contributed by atoms with van der Waals surface area (Å²) in [6, 6.07) is 10.2. The third-order valence-electron chi connectivity index (χ3n) is 4.90. The van der Waals surface area contributed by atoms with Gasteiger partial charge in [0.15, 0.2) is 0 Å². The molecule has 0 saturated carbocycles. The summed E-state index contributed by atoms with van der Waals surface area (Å²) in [7, 11) is 4.54. The summed E-state index contributed by atoms with van der Waals surface area (Å²) < 4.78 is 33.9. The molecule has 1 unspecified atom stereocenters. The number of hydrogen-bond donors (Lipinski definition) is 0. The molecule has 0 spiro atoms. The van der Waals surface area contributed by atoms with E-state index in [2.05, 4.69) is 6.58 Å². The van der Waals surface area contributed by atoms with Gasteiger partial charge >= 0.3 is 6.03 Å². The summed E-state index contributed by atoms with van der Waals surface area (Å²) in [5.74, 6) is -0.519. The molecule has 8 heteroatoms. The lowest BCUT2D eigenvalue weighted by Gasteiger charge is -2.45. The van der Waals surface area contributed by atoms with E-state index in [1.165, 1.54) is 30.8 Å². The third-order valence-corrected chi connectivity index (χ3v) is 6.40. The summed E-state index contributed by atoms with van der Waals surface area (Å²) in [5.41, 5.74) is 0.800. The number of halogens is 2. The van der Waals surface area contributed by atoms with Gasteiger partial charge in [0.05, 0.1) is 13.7 Å². The number of para-hydroxylation sites is 1. The molecular weight excluding hydrogens is 398 g/mol. The van der Waals surface area contributed by atoms with Gasteiger partial charge < -0.3 is 9.64 Å². The van der Waals surface area contributed by atoms with Gasteiger partial charge in [0, 0.05) is 36.5 Å². The van der Waals surface area contributed by atoms with Crippen LogP contribution in [0.5, 0.6) is 5.75 Å². The fourth-order valence-electron chi connectivity index (χ4n) is 3.29. The van der Waals surface area contributed by atoms with E-state index in [0.717, 1.165) is 28.8 Å². The molecule has 2 aromatic carbocycles.